The van der Waals surface area contributed by atoms with Crippen LogP contribution in [0.2, 0.25) is 0 Å². The summed E-state index contributed by atoms with van der Waals surface area (Å²) >= 11 is 0. The molecule has 0 radical (unpaired) electrons. The van der Waals surface area contributed by atoms with Crippen molar-refractivity contribution in [3.63, 3.8) is 0 Å². The molecular formula is C11H8O3. The molecule has 14 heavy (non-hydrogen) atoms. The third kappa shape index (κ3) is 1.14. The molecule has 0 aliphatic carbocycles. The predicted octanol–water partition coefficient (Wildman–Crippen LogP) is 1.91. The Labute approximate surface area is 80.0 Å². The molecule has 0 atom stereocenters. The summed E-state index contributed by atoms with van der Waals surface area (Å²) in [7, 11) is 0. The van der Waals surface area contributed by atoms with Gasteiger partial charge < -0.3 is 4.42 Å². The highest BCUT2D eigenvalue weighted by atomic mass is 16.3. The second-order valence-electron chi connectivity index (χ2n) is 3.08. The Kier molecular flexibility index (Phi) is 1.93. The van der Waals surface area contributed by atoms with E-state index in [9.17, 15) is 9.59 Å². The highest BCUT2D eigenvalue weighted by molar-refractivity contribution is 5.96. The van der Waals surface area contributed by atoms with Crippen molar-refractivity contribution >= 4 is 17.3 Å². The first-order valence-corrected chi connectivity index (χ1v) is 4.20. The van der Waals surface area contributed by atoms with E-state index in [0.29, 0.717) is 22.8 Å². The van der Waals surface area contributed by atoms with Gasteiger partial charge in [0.25, 0.3) is 0 Å². The molecule has 1 aromatic carbocycles. The fourth-order valence-electron chi connectivity index (χ4n) is 1.45. The number of carbonyl (C=O) groups is 1. The first-order valence-electron chi connectivity index (χ1n) is 4.20. The fraction of sp³-hybridized carbons (Fsp3) is 0.0909. The van der Waals surface area contributed by atoms with Gasteiger partial charge in [0.15, 0.2) is 11.7 Å². The maximum atomic E-state index is 11.5. The molecule has 0 saturated carbocycles. The van der Waals surface area contributed by atoms with Crippen LogP contribution >= 0.6 is 0 Å². The van der Waals surface area contributed by atoms with Crippen LogP contribution in [0.4, 0.5) is 0 Å². The van der Waals surface area contributed by atoms with Crippen LogP contribution in [0.15, 0.2) is 33.7 Å². The van der Waals surface area contributed by atoms with Crippen LogP contribution in [0.3, 0.4) is 0 Å². The predicted molar refractivity (Wildman–Crippen MR) is 52.6 cm³/mol. The van der Waals surface area contributed by atoms with Gasteiger partial charge in [-0.1, -0.05) is 12.1 Å². The number of hydrogen-bond acceptors (Lipinski definition) is 3. The number of aryl methyl sites for hydroxylation is 1. The largest absolute Gasteiger partial charge is 0.464 e. The van der Waals surface area contributed by atoms with E-state index in [1.165, 1.54) is 12.3 Å². The van der Waals surface area contributed by atoms with Gasteiger partial charge in [0, 0.05) is 11.6 Å². The van der Waals surface area contributed by atoms with E-state index in [1.807, 2.05) is 6.92 Å². The minimum absolute atomic E-state index is 0.183. The van der Waals surface area contributed by atoms with E-state index in [-0.39, 0.29) is 5.43 Å². The maximum absolute atomic E-state index is 11.5. The van der Waals surface area contributed by atoms with Crippen LogP contribution in [-0.4, -0.2) is 6.29 Å². The van der Waals surface area contributed by atoms with Crippen molar-refractivity contribution in [2.24, 2.45) is 0 Å². The molecule has 2 rings (SSSR count). The van der Waals surface area contributed by atoms with Gasteiger partial charge in [-0.15, -0.1) is 0 Å². The number of hydrogen-bond donors (Lipinski definition) is 0. The highest BCUT2D eigenvalue weighted by Gasteiger charge is 2.07. The Bertz CT molecular complexity index is 552. The van der Waals surface area contributed by atoms with Gasteiger partial charge in [-0.2, -0.15) is 0 Å². The Morgan fingerprint density at radius 1 is 1.29 bits per heavy atom. The normalized spacial score (nSPS) is 10.4. The molecule has 0 amide bonds. The Morgan fingerprint density at radius 2 is 2.07 bits per heavy atom. The van der Waals surface area contributed by atoms with Crippen molar-refractivity contribution in [3.8, 4) is 0 Å². The van der Waals surface area contributed by atoms with E-state index in [1.54, 1.807) is 12.1 Å². The average Bonchev–Trinajstić information content (AvgIpc) is 2.20. The van der Waals surface area contributed by atoms with Gasteiger partial charge in [0.1, 0.15) is 5.58 Å². The molecular weight excluding hydrogens is 180 g/mol. The van der Waals surface area contributed by atoms with Gasteiger partial charge in [0.05, 0.1) is 11.6 Å². The molecule has 2 aromatic rings. The average molecular weight is 188 g/mol. The topological polar surface area (TPSA) is 47.3 Å². The Hall–Kier alpha value is -1.90. The molecule has 0 aliphatic rings. The summed E-state index contributed by atoms with van der Waals surface area (Å²) in [5.74, 6) is 0. The molecule has 3 heteroatoms. The maximum Gasteiger partial charge on any atom is 0.193 e. The lowest BCUT2D eigenvalue weighted by atomic mass is 10.1. The zero-order valence-electron chi connectivity index (χ0n) is 7.61. The van der Waals surface area contributed by atoms with E-state index in [2.05, 4.69) is 0 Å². The third-order valence-electron chi connectivity index (χ3n) is 2.17. The number of benzene rings is 1. The van der Waals surface area contributed by atoms with E-state index < -0.39 is 0 Å². The summed E-state index contributed by atoms with van der Waals surface area (Å²) in [5, 5.41) is 0.363. The van der Waals surface area contributed by atoms with Crippen molar-refractivity contribution < 1.29 is 9.21 Å². The van der Waals surface area contributed by atoms with Crippen LogP contribution in [-0.2, 0) is 0 Å². The molecule has 0 N–H and O–H groups in total. The van der Waals surface area contributed by atoms with Crippen LogP contribution in [0, 0.1) is 6.92 Å². The molecule has 0 aliphatic heterocycles. The standard InChI is InChI=1S/C11H8O3/c1-7-2-3-8(6-12)10-9(13)4-5-14-11(7)10/h2-6H,1H3. The monoisotopic (exact) mass is 188 g/mol. The first-order chi connectivity index (χ1) is 6.74. The van der Waals surface area contributed by atoms with Gasteiger partial charge in [-0.25, -0.2) is 0 Å². The number of fused-ring (bicyclic) bond motifs is 1. The Morgan fingerprint density at radius 3 is 2.79 bits per heavy atom. The molecule has 3 nitrogen and oxygen atoms in total. The van der Waals surface area contributed by atoms with Crippen LogP contribution < -0.4 is 5.43 Å². The van der Waals surface area contributed by atoms with Crippen LogP contribution in [0.5, 0.6) is 0 Å². The van der Waals surface area contributed by atoms with Crippen molar-refractivity contribution in [1.29, 1.82) is 0 Å². The molecule has 1 aromatic heterocycles. The number of rotatable bonds is 1. The lowest BCUT2D eigenvalue weighted by Gasteiger charge is -2.01. The van der Waals surface area contributed by atoms with Crippen molar-refractivity contribution in [3.05, 3.63) is 45.8 Å². The van der Waals surface area contributed by atoms with Gasteiger partial charge >= 0.3 is 0 Å². The molecule has 0 fully saturated rings. The number of aldehydes is 1. The summed E-state index contributed by atoms with van der Waals surface area (Å²) in [6, 6.07) is 4.70. The van der Waals surface area contributed by atoms with Crippen molar-refractivity contribution in [2.75, 3.05) is 0 Å². The second-order valence-corrected chi connectivity index (χ2v) is 3.08. The highest BCUT2D eigenvalue weighted by Crippen LogP contribution is 2.17. The minimum Gasteiger partial charge on any atom is -0.464 e. The van der Waals surface area contributed by atoms with E-state index in [0.717, 1.165) is 5.56 Å². The van der Waals surface area contributed by atoms with Gasteiger partial charge in [-0.05, 0) is 12.5 Å². The summed E-state index contributed by atoms with van der Waals surface area (Å²) in [5.41, 5.74) is 1.53. The molecule has 70 valence electrons. The smallest absolute Gasteiger partial charge is 0.193 e. The first kappa shape index (κ1) is 8.69. The quantitative estimate of drug-likeness (QED) is 0.642. The molecule has 0 bridgehead atoms. The molecule has 0 spiro atoms. The lowest BCUT2D eigenvalue weighted by molar-refractivity contribution is 0.112. The van der Waals surface area contributed by atoms with Crippen LogP contribution in [0.1, 0.15) is 15.9 Å². The lowest BCUT2D eigenvalue weighted by Crippen LogP contribution is -2.02. The third-order valence-corrected chi connectivity index (χ3v) is 2.17. The summed E-state index contributed by atoms with van der Waals surface area (Å²) in [6.45, 7) is 1.83. The van der Waals surface area contributed by atoms with Gasteiger partial charge in [-0.3, -0.25) is 9.59 Å². The number of carbonyl (C=O) groups excluding carboxylic acids is 1. The van der Waals surface area contributed by atoms with E-state index >= 15 is 0 Å². The molecule has 0 unspecified atom stereocenters. The summed E-state index contributed by atoms with van der Waals surface area (Å²) in [4.78, 5) is 22.2. The fourth-order valence-corrected chi connectivity index (χ4v) is 1.45. The molecule has 1 heterocycles. The van der Waals surface area contributed by atoms with Crippen LogP contribution in [0.25, 0.3) is 11.0 Å². The van der Waals surface area contributed by atoms with Crippen molar-refractivity contribution in [1.82, 2.24) is 0 Å². The second kappa shape index (κ2) is 3.10. The Balaban J connectivity index is 3.07. The van der Waals surface area contributed by atoms with Gasteiger partial charge in [0.2, 0.25) is 0 Å². The van der Waals surface area contributed by atoms with E-state index in [4.69, 9.17) is 4.42 Å². The zero-order valence-corrected chi connectivity index (χ0v) is 7.61. The molecule has 0 saturated heterocycles. The van der Waals surface area contributed by atoms with Crippen molar-refractivity contribution in [2.45, 2.75) is 6.92 Å². The summed E-state index contributed by atoms with van der Waals surface area (Å²) < 4.78 is 5.21. The summed E-state index contributed by atoms with van der Waals surface area (Å²) in [6.07, 6.45) is 2.00. The SMILES string of the molecule is Cc1ccc(C=O)c2c(=O)ccoc12. The zero-order chi connectivity index (χ0) is 10.1. The minimum atomic E-state index is -0.183.